The molecule has 0 atom stereocenters. The number of hydrogen-bond donors (Lipinski definition) is 1. The number of nitrogens with zero attached hydrogens (tertiary/aromatic N) is 1. The summed E-state index contributed by atoms with van der Waals surface area (Å²) >= 11 is 12.5. The summed E-state index contributed by atoms with van der Waals surface area (Å²) in [5.41, 5.74) is 2.63. The molecule has 0 fully saturated rings. The van der Waals surface area contributed by atoms with Gasteiger partial charge in [-0.15, -0.1) is 0 Å². The standard InChI is InChI=1S/C16H10Cl2N2O2/c17-10-5-9(7-14-15(10)22-8-21-14)6-11(18)16-19-12-3-1-2-4-13(12)20-16/h1-7H,8H2,(H,19,20)/b11-6-. The van der Waals surface area contributed by atoms with Crippen LogP contribution in [0.4, 0.5) is 0 Å². The summed E-state index contributed by atoms with van der Waals surface area (Å²) in [5.74, 6) is 1.79. The fourth-order valence-corrected chi connectivity index (χ4v) is 2.84. The number of nitrogens with one attached hydrogen (secondary N) is 1. The zero-order chi connectivity index (χ0) is 15.1. The molecule has 1 aliphatic rings. The van der Waals surface area contributed by atoms with Crippen molar-refractivity contribution < 1.29 is 9.47 Å². The summed E-state index contributed by atoms with van der Waals surface area (Å²) in [6, 6.07) is 11.4. The Kier molecular flexibility index (Phi) is 3.21. The molecular weight excluding hydrogens is 323 g/mol. The molecule has 1 aliphatic heterocycles. The second kappa shape index (κ2) is 5.23. The van der Waals surface area contributed by atoms with Crippen molar-refractivity contribution >= 4 is 45.3 Å². The average molecular weight is 333 g/mol. The number of ether oxygens (including phenoxy) is 2. The highest BCUT2D eigenvalue weighted by molar-refractivity contribution is 6.50. The third-order valence-corrected chi connectivity index (χ3v) is 3.93. The maximum atomic E-state index is 6.37. The molecule has 0 saturated carbocycles. The predicted molar refractivity (Wildman–Crippen MR) is 87.4 cm³/mol. The fraction of sp³-hybridized carbons (Fsp3) is 0.0625. The maximum Gasteiger partial charge on any atom is 0.231 e. The van der Waals surface area contributed by atoms with Gasteiger partial charge >= 0.3 is 0 Å². The van der Waals surface area contributed by atoms with Crippen LogP contribution in [0.3, 0.4) is 0 Å². The molecule has 6 heteroatoms. The lowest BCUT2D eigenvalue weighted by atomic mass is 10.2. The number of para-hydroxylation sites is 2. The number of H-pyrrole nitrogens is 1. The maximum absolute atomic E-state index is 6.37. The van der Waals surface area contributed by atoms with E-state index in [0.717, 1.165) is 16.6 Å². The van der Waals surface area contributed by atoms with Crippen LogP contribution in [0, 0.1) is 0 Å². The number of halogens is 2. The van der Waals surface area contributed by atoms with Crippen molar-refractivity contribution in [3.05, 3.63) is 52.8 Å². The van der Waals surface area contributed by atoms with Crippen LogP contribution in [0.1, 0.15) is 11.4 Å². The molecule has 3 aromatic rings. The Morgan fingerprint density at radius 2 is 2.09 bits per heavy atom. The number of fused-ring (bicyclic) bond motifs is 2. The minimum absolute atomic E-state index is 0.180. The van der Waals surface area contributed by atoms with Gasteiger partial charge in [0, 0.05) is 0 Å². The third kappa shape index (κ3) is 2.30. The van der Waals surface area contributed by atoms with E-state index in [9.17, 15) is 0 Å². The van der Waals surface area contributed by atoms with E-state index >= 15 is 0 Å². The summed E-state index contributed by atoms with van der Waals surface area (Å²) in [5, 5.41) is 0.987. The van der Waals surface area contributed by atoms with Crippen LogP contribution in [0.25, 0.3) is 22.1 Å². The summed E-state index contributed by atoms with van der Waals surface area (Å²) in [6.07, 6.45) is 1.78. The van der Waals surface area contributed by atoms with Gasteiger partial charge < -0.3 is 14.5 Å². The number of aromatic nitrogens is 2. The molecule has 2 heterocycles. The van der Waals surface area contributed by atoms with E-state index in [1.54, 1.807) is 12.1 Å². The Balaban J connectivity index is 1.74. The summed E-state index contributed by atoms with van der Waals surface area (Å²) in [7, 11) is 0. The van der Waals surface area contributed by atoms with Crippen molar-refractivity contribution in [3.63, 3.8) is 0 Å². The Morgan fingerprint density at radius 1 is 1.23 bits per heavy atom. The normalized spacial score (nSPS) is 13.8. The number of imidazole rings is 1. The van der Waals surface area contributed by atoms with Gasteiger partial charge in [-0.1, -0.05) is 35.3 Å². The lowest BCUT2D eigenvalue weighted by Crippen LogP contribution is -1.93. The fourth-order valence-electron chi connectivity index (χ4n) is 2.35. The smallest absolute Gasteiger partial charge is 0.231 e. The van der Waals surface area contributed by atoms with Crippen molar-refractivity contribution in [2.75, 3.05) is 6.79 Å². The van der Waals surface area contributed by atoms with E-state index in [-0.39, 0.29) is 6.79 Å². The molecule has 2 aromatic carbocycles. The van der Waals surface area contributed by atoms with Crippen molar-refractivity contribution in [3.8, 4) is 11.5 Å². The first-order chi connectivity index (χ1) is 10.7. The zero-order valence-corrected chi connectivity index (χ0v) is 12.8. The Labute approximate surface area is 136 Å². The Bertz CT molecular complexity index is 869. The first-order valence-corrected chi connectivity index (χ1v) is 7.38. The van der Waals surface area contributed by atoms with Gasteiger partial charge in [0.1, 0.15) is 5.82 Å². The van der Waals surface area contributed by atoms with Crippen molar-refractivity contribution in [1.82, 2.24) is 9.97 Å². The second-order valence-electron chi connectivity index (χ2n) is 4.83. The van der Waals surface area contributed by atoms with Crippen LogP contribution < -0.4 is 9.47 Å². The first kappa shape index (κ1) is 13.5. The topological polar surface area (TPSA) is 47.1 Å². The first-order valence-electron chi connectivity index (χ1n) is 6.62. The van der Waals surface area contributed by atoms with Crippen LogP contribution >= 0.6 is 23.2 Å². The molecular formula is C16H10Cl2N2O2. The molecule has 0 radical (unpaired) electrons. The molecule has 1 aromatic heterocycles. The van der Waals surface area contributed by atoms with Crippen LogP contribution in [-0.2, 0) is 0 Å². The molecule has 0 amide bonds. The molecule has 22 heavy (non-hydrogen) atoms. The van der Waals surface area contributed by atoms with E-state index in [4.69, 9.17) is 32.7 Å². The summed E-state index contributed by atoms with van der Waals surface area (Å²) < 4.78 is 10.6. The average Bonchev–Trinajstić information content (AvgIpc) is 3.13. The number of rotatable bonds is 2. The monoisotopic (exact) mass is 332 g/mol. The number of aromatic amines is 1. The molecule has 0 saturated heterocycles. The van der Waals surface area contributed by atoms with Gasteiger partial charge in [-0.2, -0.15) is 0 Å². The lowest BCUT2D eigenvalue weighted by Gasteiger charge is -2.02. The van der Waals surface area contributed by atoms with Gasteiger partial charge in [0.2, 0.25) is 6.79 Å². The van der Waals surface area contributed by atoms with Gasteiger partial charge in [0.15, 0.2) is 11.5 Å². The van der Waals surface area contributed by atoms with Crippen LogP contribution in [-0.4, -0.2) is 16.8 Å². The minimum atomic E-state index is 0.180. The van der Waals surface area contributed by atoms with Gasteiger partial charge in [-0.3, -0.25) is 0 Å². The van der Waals surface area contributed by atoms with Gasteiger partial charge in [-0.05, 0) is 35.9 Å². The van der Waals surface area contributed by atoms with Crippen molar-refractivity contribution in [2.45, 2.75) is 0 Å². The second-order valence-corrected chi connectivity index (χ2v) is 5.65. The highest BCUT2D eigenvalue weighted by atomic mass is 35.5. The molecule has 0 spiro atoms. The van der Waals surface area contributed by atoms with Crippen LogP contribution in [0.2, 0.25) is 5.02 Å². The molecule has 4 nitrogen and oxygen atoms in total. The number of benzene rings is 2. The van der Waals surface area contributed by atoms with Crippen molar-refractivity contribution in [1.29, 1.82) is 0 Å². The SMILES string of the molecule is Cl/C(=C\c1cc(Cl)c2c(c1)OCO2)c1nc2ccccc2[nH]1. The Morgan fingerprint density at radius 3 is 2.95 bits per heavy atom. The lowest BCUT2D eigenvalue weighted by molar-refractivity contribution is 0.174. The summed E-state index contributed by atoms with van der Waals surface area (Å²) in [4.78, 5) is 7.64. The molecule has 0 unspecified atom stereocenters. The largest absolute Gasteiger partial charge is 0.454 e. The highest BCUT2D eigenvalue weighted by Gasteiger charge is 2.18. The van der Waals surface area contributed by atoms with E-state index in [2.05, 4.69) is 9.97 Å². The van der Waals surface area contributed by atoms with E-state index in [1.165, 1.54) is 0 Å². The molecule has 0 aliphatic carbocycles. The van der Waals surface area contributed by atoms with Gasteiger partial charge in [0.25, 0.3) is 0 Å². The Hall–Kier alpha value is -2.17. The van der Waals surface area contributed by atoms with Gasteiger partial charge in [0.05, 0.1) is 21.1 Å². The van der Waals surface area contributed by atoms with E-state index < -0.39 is 0 Å². The molecule has 110 valence electrons. The van der Waals surface area contributed by atoms with E-state index in [1.807, 2.05) is 30.3 Å². The third-order valence-electron chi connectivity index (χ3n) is 3.36. The quantitative estimate of drug-likeness (QED) is 0.741. The zero-order valence-electron chi connectivity index (χ0n) is 11.3. The van der Waals surface area contributed by atoms with Crippen LogP contribution in [0.5, 0.6) is 11.5 Å². The van der Waals surface area contributed by atoms with Gasteiger partial charge in [-0.25, -0.2) is 4.98 Å². The van der Waals surface area contributed by atoms with Crippen LogP contribution in [0.15, 0.2) is 36.4 Å². The molecule has 1 N–H and O–H groups in total. The molecule has 0 bridgehead atoms. The highest BCUT2D eigenvalue weighted by Crippen LogP contribution is 2.40. The summed E-state index contributed by atoms with van der Waals surface area (Å²) in [6.45, 7) is 0.180. The molecule has 4 rings (SSSR count). The minimum Gasteiger partial charge on any atom is -0.454 e. The van der Waals surface area contributed by atoms with Crippen molar-refractivity contribution in [2.24, 2.45) is 0 Å². The predicted octanol–water partition coefficient (Wildman–Crippen LogP) is 4.68. The van der Waals surface area contributed by atoms with E-state index in [0.29, 0.717) is 27.4 Å². The number of hydrogen-bond acceptors (Lipinski definition) is 3.